The third kappa shape index (κ3) is 3.55. The van der Waals surface area contributed by atoms with E-state index in [9.17, 15) is 13.6 Å². The monoisotopic (exact) mass is 368 g/mol. The second-order valence-corrected chi connectivity index (χ2v) is 6.51. The van der Waals surface area contributed by atoms with Crippen LogP contribution < -0.4 is 5.32 Å². The third-order valence-corrected chi connectivity index (χ3v) is 5.00. The van der Waals surface area contributed by atoms with Crippen molar-refractivity contribution in [2.45, 2.75) is 18.9 Å². The lowest BCUT2D eigenvalue weighted by atomic mass is 9.84. The molecule has 4 heterocycles. The molecule has 1 aromatic heterocycles. The average Bonchev–Trinajstić information content (AvgIpc) is 3.06. The van der Waals surface area contributed by atoms with E-state index in [0.717, 1.165) is 44.6 Å². The van der Waals surface area contributed by atoms with E-state index in [1.807, 2.05) is 0 Å². The Balaban J connectivity index is 0.00000182. The maximum Gasteiger partial charge on any atom is 0.287 e. The highest BCUT2D eigenvalue weighted by Gasteiger charge is 2.35. The van der Waals surface area contributed by atoms with Gasteiger partial charge in [0.1, 0.15) is 17.4 Å². The van der Waals surface area contributed by atoms with Crippen LogP contribution in [0.5, 0.6) is 0 Å². The van der Waals surface area contributed by atoms with Crippen molar-refractivity contribution in [2.75, 3.05) is 19.6 Å². The highest BCUT2D eigenvalue weighted by atomic mass is 35.5. The van der Waals surface area contributed by atoms with Crippen molar-refractivity contribution in [3.8, 4) is 11.3 Å². The number of piperidine rings is 3. The first-order chi connectivity index (χ1) is 11.6. The normalized spacial score (nSPS) is 24.6. The minimum atomic E-state index is -0.714. The molecule has 1 aromatic carbocycles. The number of amides is 1. The van der Waals surface area contributed by atoms with Gasteiger partial charge < -0.3 is 14.6 Å². The minimum absolute atomic E-state index is 0. The number of rotatable bonds is 3. The van der Waals surface area contributed by atoms with Crippen LogP contribution in [0, 0.1) is 17.6 Å². The van der Waals surface area contributed by atoms with Gasteiger partial charge >= 0.3 is 0 Å². The fourth-order valence-corrected chi connectivity index (χ4v) is 3.66. The number of carbonyl (C=O) groups is 1. The Morgan fingerprint density at radius 2 is 1.92 bits per heavy atom. The molecule has 0 unspecified atom stereocenters. The van der Waals surface area contributed by atoms with Gasteiger partial charge in [0.05, 0.1) is 5.56 Å². The van der Waals surface area contributed by atoms with Gasteiger partial charge in [-0.2, -0.15) is 0 Å². The number of nitrogens with one attached hydrogen (secondary N) is 1. The molecule has 1 amide bonds. The summed E-state index contributed by atoms with van der Waals surface area (Å²) in [7, 11) is 0. The van der Waals surface area contributed by atoms with Crippen LogP contribution in [-0.2, 0) is 0 Å². The number of hydrogen-bond donors (Lipinski definition) is 1. The lowest BCUT2D eigenvalue weighted by molar-refractivity contribution is 0.0606. The molecule has 0 aliphatic carbocycles. The smallest absolute Gasteiger partial charge is 0.287 e. The molecule has 134 valence electrons. The quantitative estimate of drug-likeness (QED) is 0.902. The summed E-state index contributed by atoms with van der Waals surface area (Å²) in [6.07, 6.45) is 2.21. The van der Waals surface area contributed by atoms with E-state index >= 15 is 0 Å². The molecule has 0 saturated carbocycles. The number of nitrogens with zero attached hydrogens (tertiary/aromatic N) is 1. The van der Waals surface area contributed by atoms with Crippen molar-refractivity contribution < 1.29 is 18.0 Å². The maximum atomic E-state index is 13.8. The predicted molar refractivity (Wildman–Crippen MR) is 91.7 cm³/mol. The topological polar surface area (TPSA) is 45.5 Å². The van der Waals surface area contributed by atoms with Gasteiger partial charge in [-0.05, 0) is 56.1 Å². The first-order valence-electron chi connectivity index (χ1n) is 8.18. The van der Waals surface area contributed by atoms with Crippen LogP contribution in [0.15, 0.2) is 34.7 Å². The molecule has 4 nitrogen and oxygen atoms in total. The van der Waals surface area contributed by atoms with Gasteiger partial charge in [0.15, 0.2) is 5.76 Å². The van der Waals surface area contributed by atoms with E-state index in [1.165, 1.54) is 18.2 Å². The van der Waals surface area contributed by atoms with E-state index in [2.05, 4.69) is 10.2 Å². The van der Waals surface area contributed by atoms with Crippen molar-refractivity contribution in [3.05, 3.63) is 47.7 Å². The lowest BCUT2D eigenvalue weighted by Gasteiger charge is -2.44. The van der Waals surface area contributed by atoms with Crippen LogP contribution in [0.4, 0.5) is 8.78 Å². The van der Waals surface area contributed by atoms with E-state index in [1.54, 1.807) is 0 Å². The number of hydrogen-bond acceptors (Lipinski definition) is 3. The van der Waals surface area contributed by atoms with Crippen molar-refractivity contribution in [1.82, 2.24) is 10.2 Å². The Morgan fingerprint density at radius 1 is 1.16 bits per heavy atom. The van der Waals surface area contributed by atoms with Crippen molar-refractivity contribution in [3.63, 3.8) is 0 Å². The van der Waals surface area contributed by atoms with Gasteiger partial charge in [-0.15, -0.1) is 12.4 Å². The zero-order chi connectivity index (χ0) is 16.7. The fraction of sp³-hybridized carbons (Fsp3) is 0.389. The zero-order valence-electron chi connectivity index (χ0n) is 13.5. The SMILES string of the molecule is Cl.O=C(N[C@H]1CN2CCC1CC2)c1ccc(-c2ccc(F)cc2F)o1. The molecule has 1 N–H and O–H groups in total. The highest BCUT2D eigenvalue weighted by molar-refractivity contribution is 5.92. The summed E-state index contributed by atoms with van der Waals surface area (Å²) >= 11 is 0. The van der Waals surface area contributed by atoms with Crippen LogP contribution in [0.2, 0.25) is 0 Å². The van der Waals surface area contributed by atoms with Gasteiger partial charge in [0.2, 0.25) is 0 Å². The summed E-state index contributed by atoms with van der Waals surface area (Å²) in [5.74, 6) is -0.779. The van der Waals surface area contributed by atoms with Crippen molar-refractivity contribution in [2.24, 2.45) is 5.92 Å². The van der Waals surface area contributed by atoms with E-state index < -0.39 is 11.6 Å². The number of furan rings is 1. The first-order valence-corrected chi connectivity index (χ1v) is 8.18. The second kappa shape index (κ2) is 7.14. The van der Waals surface area contributed by atoms with Gasteiger partial charge in [0, 0.05) is 18.7 Å². The third-order valence-electron chi connectivity index (χ3n) is 5.00. The molecule has 25 heavy (non-hydrogen) atoms. The van der Waals surface area contributed by atoms with Crippen LogP contribution in [0.25, 0.3) is 11.3 Å². The van der Waals surface area contributed by atoms with Gasteiger partial charge in [-0.1, -0.05) is 0 Å². The number of benzene rings is 1. The Bertz CT molecular complexity index is 772. The highest BCUT2D eigenvalue weighted by Crippen LogP contribution is 2.29. The molecule has 0 radical (unpaired) electrons. The Morgan fingerprint density at radius 3 is 2.56 bits per heavy atom. The van der Waals surface area contributed by atoms with Gasteiger partial charge in [-0.3, -0.25) is 4.79 Å². The molecule has 3 aliphatic heterocycles. The Kier molecular flexibility index (Phi) is 5.11. The van der Waals surface area contributed by atoms with Gasteiger partial charge in [-0.25, -0.2) is 8.78 Å². The van der Waals surface area contributed by atoms with Crippen LogP contribution in [0.3, 0.4) is 0 Å². The minimum Gasteiger partial charge on any atom is -0.451 e. The van der Waals surface area contributed by atoms with Crippen molar-refractivity contribution >= 4 is 18.3 Å². The summed E-state index contributed by atoms with van der Waals surface area (Å²) in [6, 6.07) is 6.45. The summed E-state index contributed by atoms with van der Waals surface area (Å²) in [4.78, 5) is 14.7. The molecule has 3 saturated heterocycles. The average molecular weight is 369 g/mol. The molecule has 7 heteroatoms. The number of halogens is 3. The molecule has 5 rings (SSSR count). The summed E-state index contributed by atoms with van der Waals surface area (Å²) in [5.41, 5.74) is 0.137. The van der Waals surface area contributed by atoms with Crippen LogP contribution in [-0.4, -0.2) is 36.5 Å². The first kappa shape index (κ1) is 17.9. The molecule has 0 spiro atoms. The molecule has 1 atom stereocenters. The van der Waals surface area contributed by atoms with Gasteiger partial charge in [0.25, 0.3) is 5.91 Å². The lowest BCUT2D eigenvalue weighted by Crippen LogP contribution is -2.57. The number of fused-ring (bicyclic) bond motifs is 3. The largest absolute Gasteiger partial charge is 0.451 e. The summed E-state index contributed by atoms with van der Waals surface area (Å²) < 4.78 is 32.3. The summed E-state index contributed by atoms with van der Waals surface area (Å²) in [6.45, 7) is 3.08. The molecular weight excluding hydrogens is 350 g/mol. The van der Waals surface area contributed by atoms with E-state index in [4.69, 9.17) is 4.42 Å². The molecule has 3 aliphatic rings. The van der Waals surface area contributed by atoms with Crippen molar-refractivity contribution in [1.29, 1.82) is 0 Å². The predicted octanol–water partition coefficient (Wildman–Crippen LogP) is 3.47. The zero-order valence-corrected chi connectivity index (χ0v) is 14.3. The standard InChI is InChI=1S/C18H18F2N2O2.ClH/c19-12-1-2-13(14(20)9-12)16-3-4-17(24-16)18(23)21-15-10-22-7-5-11(15)6-8-22;/h1-4,9,11,15H,5-8,10H2,(H,21,23);1H/t15-;/m0./s1. The fourth-order valence-electron chi connectivity index (χ4n) is 3.66. The molecule has 3 fully saturated rings. The summed E-state index contributed by atoms with van der Waals surface area (Å²) in [5, 5.41) is 3.03. The molecule has 2 aromatic rings. The van der Waals surface area contributed by atoms with Crippen LogP contribution >= 0.6 is 12.4 Å². The Hall–Kier alpha value is -1.92. The second-order valence-electron chi connectivity index (χ2n) is 6.51. The maximum absolute atomic E-state index is 13.8. The molecular formula is C18H19ClF2N2O2. The Labute approximate surface area is 150 Å². The van der Waals surface area contributed by atoms with E-state index in [-0.39, 0.29) is 41.4 Å². The molecule has 2 bridgehead atoms. The number of carbonyl (C=O) groups excluding carboxylic acids is 1. The van der Waals surface area contributed by atoms with Crippen LogP contribution in [0.1, 0.15) is 23.4 Å². The van der Waals surface area contributed by atoms with E-state index in [0.29, 0.717) is 5.92 Å².